The largest absolute Gasteiger partial charge is 0.481 e. The van der Waals surface area contributed by atoms with Crippen molar-refractivity contribution in [3.8, 4) is 5.75 Å². The molecule has 0 spiro atoms. The molecule has 2 aromatic rings. The summed E-state index contributed by atoms with van der Waals surface area (Å²) in [5, 5.41) is 0.708. The summed E-state index contributed by atoms with van der Waals surface area (Å²) in [5.74, 6) is -0.663. The molecule has 0 fully saturated rings. The molecule has 24 heavy (non-hydrogen) atoms. The van der Waals surface area contributed by atoms with Gasteiger partial charge in [-0.2, -0.15) is 0 Å². The first-order valence-electron chi connectivity index (χ1n) is 6.80. The zero-order chi connectivity index (χ0) is 17.7. The molecule has 0 saturated heterocycles. The standard InChI is InChI=1S/C16H13BrCl2N2O3/c1-9-2-4-10(5-3-9)16(23)21-20-14(22)8-24-15-12(17)6-11(18)7-13(15)19/h2-7H,8H2,1H3,(H,20,22)(H,21,23). The Bertz CT molecular complexity index is 743. The van der Waals surface area contributed by atoms with Crippen LogP contribution >= 0.6 is 39.1 Å². The molecule has 8 heteroatoms. The van der Waals surface area contributed by atoms with Crippen LogP contribution in [0.4, 0.5) is 0 Å². The van der Waals surface area contributed by atoms with Crippen molar-refractivity contribution in [2.24, 2.45) is 0 Å². The van der Waals surface area contributed by atoms with Crippen LogP contribution in [0, 0.1) is 6.92 Å². The third-order valence-electron chi connectivity index (χ3n) is 2.94. The van der Waals surface area contributed by atoms with Crippen LogP contribution in [0.1, 0.15) is 15.9 Å². The predicted octanol–water partition coefficient (Wildman–Crippen LogP) is 3.90. The van der Waals surface area contributed by atoms with Gasteiger partial charge in [-0.3, -0.25) is 20.4 Å². The fourth-order valence-electron chi connectivity index (χ4n) is 1.74. The fraction of sp³-hybridized carbons (Fsp3) is 0.125. The van der Waals surface area contributed by atoms with E-state index in [1.165, 1.54) is 6.07 Å². The first-order chi connectivity index (χ1) is 11.4. The number of amides is 2. The van der Waals surface area contributed by atoms with Crippen LogP contribution in [0.2, 0.25) is 10.0 Å². The minimum absolute atomic E-state index is 0.269. The molecule has 2 N–H and O–H groups in total. The van der Waals surface area contributed by atoms with Gasteiger partial charge in [0.25, 0.3) is 11.8 Å². The maximum Gasteiger partial charge on any atom is 0.276 e. The van der Waals surface area contributed by atoms with Gasteiger partial charge < -0.3 is 4.74 Å². The van der Waals surface area contributed by atoms with Crippen molar-refractivity contribution in [3.63, 3.8) is 0 Å². The number of ether oxygens (including phenoxy) is 1. The van der Waals surface area contributed by atoms with Crippen molar-refractivity contribution in [1.82, 2.24) is 10.9 Å². The fourth-order valence-corrected chi connectivity index (χ4v) is 3.11. The molecule has 0 aromatic heterocycles. The van der Waals surface area contributed by atoms with Crippen LogP contribution in [0.25, 0.3) is 0 Å². The third-order valence-corrected chi connectivity index (χ3v) is 4.03. The van der Waals surface area contributed by atoms with Crippen molar-refractivity contribution in [1.29, 1.82) is 0 Å². The highest BCUT2D eigenvalue weighted by molar-refractivity contribution is 9.10. The molecular weight excluding hydrogens is 419 g/mol. The number of aryl methyl sites for hydroxylation is 1. The number of carbonyl (C=O) groups is 2. The number of nitrogens with one attached hydrogen (secondary N) is 2. The molecule has 0 aliphatic carbocycles. The Labute approximate surface area is 157 Å². The summed E-state index contributed by atoms with van der Waals surface area (Å²) in [5.41, 5.74) is 6.05. The van der Waals surface area contributed by atoms with E-state index in [1.54, 1.807) is 30.3 Å². The number of benzene rings is 2. The summed E-state index contributed by atoms with van der Waals surface area (Å²) in [6, 6.07) is 10.0. The molecular formula is C16H13BrCl2N2O3. The van der Waals surface area contributed by atoms with Crippen LogP contribution in [0.3, 0.4) is 0 Å². The smallest absolute Gasteiger partial charge is 0.276 e. The van der Waals surface area contributed by atoms with Crippen LogP contribution in [0.15, 0.2) is 40.9 Å². The van der Waals surface area contributed by atoms with Crippen molar-refractivity contribution < 1.29 is 14.3 Å². The van der Waals surface area contributed by atoms with Crippen molar-refractivity contribution in [2.45, 2.75) is 6.92 Å². The Morgan fingerprint density at radius 2 is 1.79 bits per heavy atom. The Balaban J connectivity index is 1.86. The lowest BCUT2D eigenvalue weighted by Crippen LogP contribution is -2.43. The van der Waals surface area contributed by atoms with Crippen LogP contribution in [0.5, 0.6) is 5.75 Å². The highest BCUT2D eigenvalue weighted by Gasteiger charge is 2.12. The molecule has 2 rings (SSSR count). The summed E-state index contributed by atoms with van der Waals surface area (Å²) in [6.45, 7) is 1.59. The van der Waals surface area contributed by atoms with Crippen LogP contribution in [-0.2, 0) is 4.79 Å². The Morgan fingerprint density at radius 1 is 1.12 bits per heavy atom. The predicted molar refractivity (Wildman–Crippen MR) is 96.4 cm³/mol. The number of carbonyl (C=O) groups excluding carboxylic acids is 2. The first-order valence-corrected chi connectivity index (χ1v) is 8.35. The minimum Gasteiger partial charge on any atom is -0.481 e. The number of hydrogen-bond acceptors (Lipinski definition) is 3. The molecule has 5 nitrogen and oxygen atoms in total. The molecule has 0 aliphatic rings. The van der Waals surface area contributed by atoms with E-state index in [0.717, 1.165) is 5.56 Å². The number of rotatable bonds is 4. The molecule has 0 radical (unpaired) electrons. The molecule has 0 unspecified atom stereocenters. The summed E-state index contributed by atoms with van der Waals surface area (Å²) in [7, 11) is 0. The second-order valence-electron chi connectivity index (χ2n) is 4.86. The highest BCUT2D eigenvalue weighted by Crippen LogP contribution is 2.35. The quantitative estimate of drug-likeness (QED) is 0.721. The lowest BCUT2D eigenvalue weighted by molar-refractivity contribution is -0.123. The number of hydrogen-bond donors (Lipinski definition) is 2. The molecule has 2 aromatic carbocycles. The van der Waals surface area contributed by atoms with Gasteiger partial charge in [0.2, 0.25) is 0 Å². The molecule has 0 heterocycles. The molecule has 0 aliphatic heterocycles. The Morgan fingerprint density at radius 3 is 2.42 bits per heavy atom. The number of halogens is 3. The van der Waals surface area contributed by atoms with E-state index < -0.39 is 11.8 Å². The van der Waals surface area contributed by atoms with Crippen molar-refractivity contribution in [3.05, 3.63) is 62.0 Å². The summed E-state index contributed by atoms with van der Waals surface area (Å²) in [4.78, 5) is 23.6. The minimum atomic E-state index is -0.534. The van der Waals surface area contributed by atoms with Crippen LogP contribution in [-0.4, -0.2) is 18.4 Å². The maximum atomic E-state index is 11.9. The SMILES string of the molecule is Cc1ccc(C(=O)NNC(=O)COc2c(Cl)cc(Cl)cc2Br)cc1. The van der Waals surface area contributed by atoms with Gasteiger partial charge >= 0.3 is 0 Å². The van der Waals surface area contributed by atoms with Crippen LogP contribution < -0.4 is 15.6 Å². The second kappa shape index (κ2) is 8.37. The molecule has 2 amide bonds. The van der Waals surface area contributed by atoms with Gasteiger partial charge in [0, 0.05) is 10.6 Å². The molecule has 0 bridgehead atoms. The van der Waals surface area contributed by atoms with Gasteiger partial charge in [-0.25, -0.2) is 0 Å². The van der Waals surface area contributed by atoms with Crippen molar-refractivity contribution >= 4 is 50.9 Å². The average Bonchev–Trinajstić information content (AvgIpc) is 2.52. The van der Waals surface area contributed by atoms with E-state index in [-0.39, 0.29) is 11.6 Å². The monoisotopic (exact) mass is 430 g/mol. The highest BCUT2D eigenvalue weighted by atomic mass is 79.9. The van der Waals surface area contributed by atoms with E-state index in [9.17, 15) is 9.59 Å². The lowest BCUT2D eigenvalue weighted by Gasteiger charge is -2.11. The van der Waals surface area contributed by atoms with Crippen molar-refractivity contribution in [2.75, 3.05) is 6.61 Å². The summed E-state index contributed by atoms with van der Waals surface area (Å²) >= 11 is 15.1. The summed E-state index contributed by atoms with van der Waals surface area (Å²) < 4.78 is 5.86. The van der Waals surface area contributed by atoms with E-state index >= 15 is 0 Å². The van der Waals surface area contributed by atoms with E-state index in [0.29, 0.717) is 20.8 Å². The average molecular weight is 432 g/mol. The van der Waals surface area contributed by atoms with Gasteiger partial charge in [0.1, 0.15) is 0 Å². The van der Waals surface area contributed by atoms with E-state index in [2.05, 4.69) is 26.8 Å². The third kappa shape index (κ3) is 5.12. The zero-order valence-electron chi connectivity index (χ0n) is 12.5. The van der Waals surface area contributed by atoms with Gasteiger partial charge in [0.05, 0.1) is 9.50 Å². The topological polar surface area (TPSA) is 67.4 Å². The maximum absolute atomic E-state index is 11.9. The number of hydrazine groups is 1. The molecule has 0 saturated carbocycles. The second-order valence-corrected chi connectivity index (χ2v) is 6.55. The first kappa shape index (κ1) is 18.6. The zero-order valence-corrected chi connectivity index (χ0v) is 15.6. The van der Waals surface area contributed by atoms with E-state index in [4.69, 9.17) is 27.9 Å². The summed E-state index contributed by atoms with van der Waals surface area (Å²) in [6.07, 6.45) is 0. The Hall–Kier alpha value is -1.76. The van der Waals surface area contributed by atoms with Gasteiger partial charge in [-0.05, 0) is 47.1 Å². The molecule has 126 valence electrons. The molecule has 0 atom stereocenters. The van der Waals surface area contributed by atoms with Gasteiger partial charge in [-0.1, -0.05) is 40.9 Å². The van der Waals surface area contributed by atoms with Gasteiger partial charge in [-0.15, -0.1) is 0 Å². The lowest BCUT2D eigenvalue weighted by atomic mass is 10.1. The normalized spacial score (nSPS) is 10.2. The van der Waals surface area contributed by atoms with E-state index in [1.807, 2.05) is 6.92 Å². The Kier molecular flexibility index (Phi) is 6.48. The van der Waals surface area contributed by atoms with Gasteiger partial charge in [0.15, 0.2) is 12.4 Å².